The van der Waals surface area contributed by atoms with E-state index in [4.69, 9.17) is 5.73 Å². The van der Waals surface area contributed by atoms with Gasteiger partial charge in [-0.1, -0.05) is 12.5 Å². The van der Waals surface area contributed by atoms with Crippen LogP contribution >= 0.6 is 0 Å². The highest BCUT2D eigenvalue weighted by molar-refractivity contribution is 5.84. The molecule has 0 spiro atoms. The lowest BCUT2D eigenvalue weighted by Gasteiger charge is -2.17. The number of ketones is 1. The molecule has 0 bridgehead atoms. The summed E-state index contributed by atoms with van der Waals surface area (Å²) in [5.41, 5.74) is 7.48. The first-order chi connectivity index (χ1) is 8.61. The van der Waals surface area contributed by atoms with Crippen LogP contribution in [-0.2, 0) is 11.2 Å². The van der Waals surface area contributed by atoms with Crippen molar-refractivity contribution < 1.29 is 9.18 Å². The van der Waals surface area contributed by atoms with Crippen molar-refractivity contribution in [2.45, 2.75) is 32.6 Å². The molecule has 2 rings (SSSR count). The van der Waals surface area contributed by atoms with Gasteiger partial charge in [0.05, 0.1) is 0 Å². The van der Waals surface area contributed by atoms with Gasteiger partial charge in [-0.05, 0) is 55.5 Å². The maximum absolute atomic E-state index is 13.2. The molecule has 1 saturated carbocycles. The number of benzene rings is 1. The number of halogens is 1. The zero-order valence-electron chi connectivity index (χ0n) is 10.8. The van der Waals surface area contributed by atoms with E-state index < -0.39 is 0 Å². The molecule has 1 aromatic carbocycles. The van der Waals surface area contributed by atoms with Crippen LogP contribution in [0.25, 0.3) is 0 Å². The summed E-state index contributed by atoms with van der Waals surface area (Å²) >= 11 is 0. The van der Waals surface area contributed by atoms with E-state index in [9.17, 15) is 9.18 Å². The van der Waals surface area contributed by atoms with Crippen LogP contribution < -0.4 is 5.73 Å². The number of carbonyl (C=O) groups excluding carboxylic acids is 1. The normalized spacial score (nSPS) is 23.3. The van der Waals surface area contributed by atoms with Gasteiger partial charge < -0.3 is 5.73 Å². The molecule has 0 aliphatic heterocycles. The molecule has 1 aromatic rings. The number of nitrogens with two attached hydrogens (primary N) is 1. The molecule has 2 atom stereocenters. The Kier molecular flexibility index (Phi) is 4.12. The van der Waals surface area contributed by atoms with Crippen molar-refractivity contribution in [3.05, 3.63) is 35.1 Å². The molecule has 2 unspecified atom stereocenters. The highest BCUT2D eigenvalue weighted by Gasteiger charge is 2.31. The predicted molar refractivity (Wildman–Crippen MR) is 69.7 cm³/mol. The molecular weight excluding hydrogens is 229 g/mol. The van der Waals surface area contributed by atoms with Crippen LogP contribution in [0.15, 0.2) is 18.2 Å². The average molecular weight is 249 g/mol. The molecule has 2 N–H and O–H groups in total. The fourth-order valence-electron chi connectivity index (χ4n) is 2.89. The number of carbonyl (C=O) groups is 1. The molecule has 18 heavy (non-hydrogen) atoms. The molecule has 3 heteroatoms. The number of hydrogen-bond acceptors (Lipinski definition) is 2. The minimum atomic E-state index is -0.273. The first kappa shape index (κ1) is 13.2. The Bertz CT molecular complexity index is 444. The monoisotopic (exact) mass is 249 g/mol. The Labute approximate surface area is 107 Å². The van der Waals surface area contributed by atoms with Gasteiger partial charge in [0.1, 0.15) is 11.6 Å². The van der Waals surface area contributed by atoms with Gasteiger partial charge in [0.25, 0.3) is 0 Å². The Balaban J connectivity index is 2.09. The molecular formula is C15H20FNO. The maximum Gasteiger partial charge on any atom is 0.140 e. The van der Waals surface area contributed by atoms with Gasteiger partial charge in [0.2, 0.25) is 0 Å². The summed E-state index contributed by atoms with van der Waals surface area (Å²) in [5.74, 6) is 0.353. The van der Waals surface area contributed by atoms with Gasteiger partial charge in [-0.2, -0.15) is 0 Å². The van der Waals surface area contributed by atoms with E-state index in [1.54, 1.807) is 6.07 Å². The van der Waals surface area contributed by atoms with E-state index in [-0.39, 0.29) is 17.5 Å². The molecule has 0 amide bonds. The molecule has 0 radical (unpaired) electrons. The Hall–Kier alpha value is -1.22. The summed E-state index contributed by atoms with van der Waals surface area (Å²) in [7, 11) is 0. The van der Waals surface area contributed by atoms with E-state index in [1.165, 1.54) is 12.1 Å². The molecule has 98 valence electrons. The van der Waals surface area contributed by atoms with Crippen LogP contribution in [0.4, 0.5) is 4.39 Å². The Morgan fingerprint density at radius 3 is 2.94 bits per heavy atom. The van der Waals surface area contributed by atoms with E-state index >= 15 is 0 Å². The second-order valence-corrected chi connectivity index (χ2v) is 5.25. The minimum Gasteiger partial charge on any atom is -0.330 e. The largest absolute Gasteiger partial charge is 0.330 e. The number of rotatable bonds is 4. The predicted octanol–water partition coefficient (Wildman–Crippen LogP) is 2.62. The first-order valence-corrected chi connectivity index (χ1v) is 6.59. The Morgan fingerprint density at radius 1 is 1.44 bits per heavy atom. The summed E-state index contributed by atoms with van der Waals surface area (Å²) in [5, 5.41) is 0. The smallest absolute Gasteiger partial charge is 0.140 e. The zero-order valence-corrected chi connectivity index (χ0v) is 10.8. The lowest BCUT2D eigenvalue weighted by molar-refractivity contribution is -0.123. The van der Waals surface area contributed by atoms with Crippen LogP contribution in [0.1, 0.15) is 30.4 Å². The molecule has 1 aliphatic carbocycles. The fourth-order valence-corrected chi connectivity index (χ4v) is 2.89. The van der Waals surface area contributed by atoms with Crippen molar-refractivity contribution >= 4 is 5.78 Å². The average Bonchev–Trinajstić information content (AvgIpc) is 2.82. The van der Waals surface area contributed by atoms with Gasteiger partial charge >= 0.3 is 0 Å². The van der Waals surface area contributed by atoms with E-state index in [1.807, 2.05) is 6.92 Å². The number of Topliss-reactive ketones (excluding diaryl/α,β-unsaturated/α-hetero) is 1. The van der Waals surface area contributed by atoms with Gasteiger partial charge in [-0.3, -0.25) is 4.79 Å². The lowest BCUT2D eigenvalue weighted by atomic mass is 9.88. The van der Waals surface area contributed by atoms with Crippen LogP contribution in [0.2, 0.25) is 0 Å². The standard InChI is InChI=1S/C15H20FNO/c1-10-5-6-13(16)7-12(10)8-15(18)14-4-2-3-11(14)9-17/h5-7,11,14H,2-4,8-9,17H2,1H3. The van der Waals surface area contributed by atoms with Crippen LogP contribution in [0, 0.1) is 24.6 Å². The quantitative estimate of drug-likeness (QED) is 0.891. The van der Waals surface area contributed by atoms with E-state index in [2.05, 4.69) is 0 Å². The molecule has 0 heterocycles. The maximum atomic E-state index is 13.2. The summed E-state index contributed by atoms with van der Waals surface area (Å²) in [6, 6.07) is 4.63. The first-order valence-electron chi connectivity index (χ1n) is 6.59. The van der Waals surface area contributed by atoms with E-state index in [0.717, 1.165) is 30.4 Å². The van der Waals surface area contributed by atoms with Crippen molar-refractivity contribution in [3.63, 3.8) is 0 Å². The van der Waals surface area contributed by atoms with Crippen molar-refractivity contribution in [1.82, 2.24) is 0 Å². The Morgan fingerprint density at radius 2 is 2.22 bits per heavy atom. The summed E-state index contributed by atoms with van der Waals surface area (Å²) < 4.78 is 13.2. The lowest BCUT2D eigenvalue weighted by Crippen LogP contribution is -2.26. The zero-order chi connectivity index (χ0) is 13.1. The third kappa shape index (κ3) is 2.78. The number of aryl methyl sites for hydroxylation is 1. The second kappa shape index (κ2) is 5.61. The fraction of sp³-hybridized carbons (Fsp3) is 0.533. The van der Waals surface area contributed by atoms with Crippen molar-refractivity contribution in [2.24, 2.45) is 17.6 Å². The summed E-state index contributed by atoms with van der Waals surface area (Å²) in [6.07, 6.45) is 3.41. The molecule has 1 aliphatic rings. The molecule has 2 nitrogen and oxygen atoms in total. The van der Waals surface area contributed by atoms with Crippen LogP contribution in [0.3, 0.4) is 0 Å². The highest BCUT2D eigenvalue weighted by Crippen LogP contribution is 2.32. The summed E-state index contributed by atoms with van der Waals surface area (Å²) in [4.78, 5) is 12.3. The second-order valence-electron chi connectivity index (χ2n) is 5.25. The van der Waals surface area contributed by atoms with Crippen LogP contribution in [-0.4, -0.2) is 12.3 Å². The van der Waals surface area contributed by atoms with Gasteiger partial charge in [0.15, 0.2) is 0 Å². The van der Waals surface area contributed by atoms with E-state index in [0.29, 0.717) is 18.9 Å². The van der Waals surface area contributed by atoms with Crippen LogP contribution in [0.5, 0.6) is 0 Å². The third-order valence-electron chi connectivity index (χ3n) is 4.05. The van der Waals surface area contributed by atoms with Gasteiger partial charge in [-0.25, -0.2) is 4.39 Å². The van der Waals surface area contributed by atoms with Gasteiger partial charge in [-0.15, -0.1) is 0 Å². The van der Waals surface area contributed by atoms with Gasteiger partial charge in [0, 0.05) is 12.3 Å². The van der Waals surface area contributed by atoms with Crippen molar-refractivity contribution in [1.29, 1.82) is 0 Å². The molecule has 1 fully saturated rings. The number of hydrogen-bond donors (Lipinski definition) is 1. The van der Waals surface area contributed by atoms with Crippen molar-refractivity contribution in [3.8, 4) is 0 Å². The third-order valence-corrected chi connectivity index (χ3v) is 4.05. The summed E-state index contributed by atoms with van der Waals surface area (Å²) in [6.45, 7) is 2.50. The molecule has 0 aromatic heterocycles. The SMILES string of the molecule is Cc1ccc(F)cc1CC(=O)C1CCCC1CN. The van der Waals surface area contributed by atoms with Crippen molar-refractivity contribution in [2.75, 3.05) is 6.54 Å². The molecule has 0 saturated heterocycles. The topological polar surface area (TPSA) is 43.1 Å². The minimum absolute atomic E-state index is 0.0812. The highest BCUT2D eigenvalue weighted by atomic mass is 19.1.